The summed E-state index contributed by atoms with van der Waals surface area (Å²) in [6, 6.07) is 5.83. The predicted molar refractivity (Wildman–Crippen MR) is 102 cm³/mol. The molecule has 0 radical (unpaired) electrons. The van der Waals surface area contributed by atoms with Crippen molar-refractivity contribution in [3.63, 3.8) is 0 Å². The van der Waals surface area contributed by atoms with E-state index in [2.05, 4.69) is 26.2 Å². The number of nitriles is 1. The average Bonchev–Trinajstić information content (AvgIpc) is 2.92. The minimum Gasteiger partial charge on any atom is -0.355 e. The van der Waals surface area contributed by atoms with Crippen molar-refractivity contribution in [3.05, 3.63) is 23.9 Å². The lowest BCUT2D eigenvalue weighted by molar-refractivity contribution is -0.122. The SMILES string of the molecule is N#Cc1cccnc1N1CCCN(CC(=O)NCC2CCCCC2)CC1. The highest BCUT2D eigenvalue weighted by molar-refractivity contribution is 5.78. The molecule has 6 heteroatoms. The third-order valence-corrected chi connectivity index (χ3v) is 5.48. The molecule has 6 nitrogen and oxygen atoms in total. The molecule has 0 spiro atoms. The lowest BCUT2D eigenvalue weighted by Gasteiger charge is -2.24. The normalized spacial score (nSPS) is 19.6. The highest BCUT2D eigenvalue weighted by Gasteiger charge is 2.20. The van der Waals surface area contributed by atoms with Crippen LogP contribution in [0.4, 0.5) is 5.82 Å². The zero-order valence-corrected chi connectivity index (χ0v) is 15.5. The van der Waals surface area contributed by atoms with Gasteiger partial charge in [-0.2, -0.15) is 5.26 Å². The first kappa shape index (κ1) is 18.7. The molecular weight excluding hydrogens is 326 g/mol. The largest absolute Gasteiger partial charge is 0.355 e. The Labute approximate surface area is 156 Å². The zero-order valence-electron chi connectivity index (χ0n) is 15.5. The Morgan fingerprint density at radius 2 is 2.04 bits per heavy atom. The number of amides is 1. The Balaban J connectivity index is 1.46. The number of aromatic nitrogens is 1. The van der Waals surface area contributed by atoms with Gasteiger partial charge in [0.05, 0.1) is 12.1 Å². The monoisotopic (exact) mass is 355 g/mol. The second-order valence-electron chi connectivity index (χ2n) is 7.41. The second-order valence-corrected chi connectivity index (χ2v) is 7.41. The Hall–Kier alpha value is -2.13. The van der Waals surface area contributed by atoms with E-state index in [1.165, 1.54) is 32.1 Å². The van der Waals surface area contributed by atoms with Crippen LogP contribution in [0.3, 0.4) is 0 Å². The highest BCUT2D eigenvalue weighted by atomic mass is 16.2. The number of rotatable bonds is 5. The van der Waals surface area contributed by atoms with E-state index in [9.17, 15) is 10.1 Å². The lowest BCUT2D eigenvalue weighted by atomic mass is 9.89. The van der Waals surface area contributed by atoms with Crippen molar-refractivity contribution in [3.8, 4) is 6.07 Å². The number of carbonyl (C=O) groups is 1. The third kappa shape index (κ3) is 5.18. The summed E-state index contributed by atoms with van der Waals surface area (Å²) in [5.74, 6) is 1.57. The molecule has 2 heterocycles. The zero-order chi connectivity index (χ0) is 18.2. The van der Waals surface area contributed by atoms with E-state index in [0.29, 0.717) is 18.0 Å². The molecule has 1 aliphatic carbocycles. The van der Waals surface area contributed by atoms with E-state index in [0.717, 1.165) is 45.0 Å². The summed E-state index contributed by atoms with van der Waals surface area (Å²) in [6.45, 7) is 4.68. The minimum atomic E-state index is 0.138. The van der Waals surface area contributed by atoms with Gasteiger partial charge in [-0.3, -0.25) is 9.69 Å². The van der Waals surface area contributed by atoms with Crippen LogP contribution in [0.2, 0.25) is 0 Å². The number of nitrogens with one attached hydrogen (secondary N) is 1. The fourth-order valence-electron chi connectivity index (χ4n) is 3.99. The Kier molecular flexibility index (Phi) is 6.84. The smallest absolute Gasteiger partial charge is 0.234 e. The summed E-state index contributed by atoms with van der Waals surface area (Å²) >= 11 is 0. The van der Waals surface area contributed by atoms with Gasteiger partial charge < -0.3 is 10.2 Å². The summed E-state index contributed by atoms with van der Waals surface area (Å²) < 4.78 is 0. The van der Waals surface area contributed by atoms with Gasteiger partial charge in [-0.15, -0.1) is 0 Å². The van der Waals surface area contributed by atoms with Crippen molar-refractivity contribution in [1.82, 2.24) is 15.2 Å². The van der Waals surface area contributed by atoms with Gasteiger partial charge in [0.1, 0.15) is 11.9 Å². The molecule has 2 aliphatic rings. The van der Waals surface area contributed by atoms with Gasteiger partial charge in [-0.25, -0.2) is 4.98 Å². The number of carbonyl (C=O) groups excluding carboxylic acids is 1. The van der Waals surface area contributed by atoms with Crippen molar-refractivity contribution in [1.29, 1.82) is 5.26 Å². The van der Waals surface area contributed by atoms with Crippen molar-refractivity contribution in [2.45, 2.75) is 38.5 Å². The van der Waals surface area contributed by atoms with Crippen LogP contribution in [-0.2, 0) is 4.79 Å². The first-order valence-corrected chi connectivity index (χ1v) is 9.85. The molecule has 140 valence electrons. The minimum absolute atomic E-state index is 0.138. The van der Waals surface area contributed by atoms with E-state index in [-0.39, 0.29) is 5.91 Å². The standard InChI is InChI=1S/C20H29N5O/c21-14-18-8-4-9-22-20(18)25-11-5-10-24(12-13-25)16-19(26)23-15-17-6-2-1-3-7-17/h4,8-9,17H,1-3,5-7,10-13,15-16H2,(H,23,26). The van der Waals surface area contributed by atoms with Crippen LogP contribution in [0.5, 0.6) is 0 Å². The van der Waals surface area contributed by atoms with Gasteiger partial charge in [-0.05, 0) is 37.3 Å². The number of pyridine rings is 1. The average molecular weight is 355 g/mol. The van der Waals surface area contributed by atoms with E-state index >= 15 is 0 Å². The molecule has 1 N–H and O–H groups in total. The Bertz CT molecular complexity index is 635. The fraction of sp³-hybridized carbons (Fsp3) is 0.650. The van der Waals surface area contributed by atoms with Gasteiger partial charge in [0.15, 0.2) is 0 Å². The molecule has 0 aromatic carbocycles. The van der Waals surface area contributed by atoms with E-state index in [1.54, 1.807) is 12.3 Å². The van der Waals surface area contributed by atoms with Crippen molar-refractivity contribution < 1.29 is 4.79 Å². The summed E-state index contributed by atoms with van der Waals surface area (Å²) in [4.78, 5) is 21.1. The third-order valence-electron chi connectivity index (χ3n) is 5.48. The molecule has 2 fully saturated rings. The quantitative estimate of drug-likeness (QED) is 0.876. The first-order chi connectivity index (χ1) is 12.8. The molecule has 0 atom stereocenters. The van der Waals surface area contributed by atoms with E-state index in [1.807, 2.05) is 6.07 Å². The maximum atomic E-state index is 12.3. The molecule has 1 amide bonds. The van der Waals surface area contributed by atoms with Gasteiger partial charge in [0.25, 0.3) is 0 Å². The van der Waals surface area contributed by atoms with Gasteiger partial charge in [0, 0.05) is 38.9 Å². The molecule has 1 saturated heterocycles. The molecule has 3 rings (SSSR count). The maximum absolute atomic E-state index is 12.3. The van der Waals surface area contributed by atoms with E-state index in [4.69, 9.17) is 0 Å². The van der Waals surface area contributed by atoms with Crippen molar-refractivity contribution >= 4 is 11.7 Å². The number of anilines is 1. The Morgan fingerprint density at radius 1 is 1.19 bits per heavy atom. The lowest BCUT2D eigenvalue weighted by Crippen LogP contribution is -2.41. The van der Waals surface area contributed by atoms with Crippen LogP contribution in [-0.4, -0.2) is 55.1 Å². The van der Waals surface area contributed by atoms with Crippen LogP contribution in [0.1, 0.15) is 44.1 Å². The molecule has 26 heavy (non-hydrogen) atoms. The van der Waals surface area contributed by atoms with E-state index < -0.39 is 0 Å². The fourth-order valence-corrected chi connectivity index (χ4v) is 3.99. The number of nitrogens with zero attached hydrogens (tertiary/aromatic N) is 4. The molecule has 1 aromatic heterocycles. The molecular formula is C20H29N5O. The predicted octanol–water partition coefficient (Wildman–Crippen LogP) is 2.16. The summed E-state index contributed by atoms with van der Waals surface area (Å²) in [7, 11) is 0. The van der Waals surface area contributed by atoms with Gasteiger partial charge in [-0.1, -0.05) is 19.3 Å². The maximum Gasteiger partial charge on any atom is 0.234 e. The Morgan fingerprint density at radius 3 is 2.85 bits per heavy atom. The van der Waals surface area contributed by atoms with Gasteiger partial charge >= 0.3 is 0 Å². The first-order valence-electron chi connectivity index (χ1n) is 9.85. The summed E-state index contributed by atoms with van der Waals surface area (Å²) in [6.07, 6.45) is 9.17. The molecule has 1 aromatic rings. The van der Waals surface area contributed by atoms with Gasteiger partial charge in [0.2, 0.25) is 5.91 Å². The second kappa shape index (κ2) is 9.54. The highest BCUT2D eigenvalue weighted by Crippen LogP contribution is 2.22. The van der Waals surface area contributed by atoms with Crippen molar-refractivity contribution in [2.24, 2.45) is 5.92 Å². The molecule has 1 saturated carbocycles. The van der Waals surface area contributed by atoms with Crippen LogP contribution in [0, 0.1) is 17.2 Å². The molecule has 1 aliphatic heterocycles. The number of hydrogen-bond donors (Lipinski definition) is 1. The topological polar surface area (TPSA) is 72.3 Å². The van der Waals surface area contributed by atoms with Crippen LogP contribution in [0.15, 0.2) is 18.3 Å². The van der Waals surface area contributed by atoms with Crippen LogP contribution in [0.25, 0.3) is 0 Å². The summed E-state index contributed by atoms with van der Waals surface area (Å²) in [5.41, 5.74) is 0.617. The van der Waals surface area contributed by atoms with Crippen LogP contribution >= 0.6 is 0 Å². The van der Waals surface area contributed by atoms with Crippen molar-refractivity contribution in [2.75, 3.05) is 44.2 Å². The summed E-state index contributed by atoms with van der Waals surface area (Å²) in [5, 5.41) is 12.4. The number of hydrogen-bond acceptors (Lipinski definition) is 5. The molecule has 0 unspecified atom stereocenters. The molecule has 0 bridgehead atoms. The van der Waals surface area contributed by atoms with Crippen LogP contribution < -0.4 is 10.2 Å².